The third kappa shape index (κ3) is 7.49. The summed E-state index contributed by atoms with van der Waals surface area (Å²) in [7, 11) is 3.80. The Morgan fingerprint density at radius 2 is 1.82 bits per heavy atom. The molecule has 2 atom stereocenters. The van der Waals surface area contributed by atoms with Gasteiger partial charge < -0.3 is 25.1 Å². The van der Waals surface area contributed by atoms with Crippen LogP contribution in [0.2, 0.25) is 0 Å². The first-order valence-electron chi connectivity index (χ1n) is 15.5. The van der Waals surface area contributed by atoms with Crippen molar-refractivity contribution >= 4 is 34.3 Å². The molecular weight excluding hydrogens is 572 g/mol. The average molecular weight is 615 g/mol. The number of carbonyl (C=O) groups is 3. The first-order chi connectivity index (χ1) is 21.6. The van der Waals surface area contributed by atoms with Crippen LogP contribution in [0.3, 0.4) is 0 Å². The molecule has 0 radical (unpaired) electrons. The minimum Gasteiger partial charge on any atom is -0.388 e. The number of carbonyl (C=O) groups excluding carboxylic acids is 3. The van der Waals surface area contributed by atoms with E-state index in [9.17, 15) is 24.3 Å². The molecule has 11 nitrogen and oxygen atoms in total. The number of piperidine rings is 2. The van der Waals surface area contributed by atoms with E-state index in [-0.39, 0.29) is 35.7 Å². The third-order valence-electron chi connectivity index (χ3n) is 9.01. The molecular formula is C34H42N6O5. The van der Waals surface area contributed by atoms with Crippen molar-refractivity contribution in [3.05, 3.63) is 83.4 Å². The van der Waals surface area contributed by atoms with Crippen LogP contribution < -0.4 is 10.9 Å². The van der Waals surface area contributed by atoms with E-state index in [1.807, 2.05) is 49.3 Å². The highest BCUT2D eigenvalue weighted by Crippen LogP contribution is 2.36. The van der Waals surface area contributed by atoms with Gasteiger partial charge in [-0.05, 0) is 69.1 Å². The summed E-state index contributed by atoms with van der Waals surface area (Å²) in [4.78, 5) is 61.7. The molecule has 0 saturated carbocycles. The van der Waals surface area contributed by atoms with Crippen molar-refractivity contribution in [2.24, 2.45) is 5.92 Å². The van der Waals surface area contributed by atoms with E-state index in [1.165, 1.54) is 17.0 Å². The van der Waals surface area contributed by atoms with Crippen LogP contribution in [-0.4, -0.2) is 99.5 Å². The monoisotopic (exact) mass is 614 g/mol. The van der Waals surface area contributed by atoms with E-state index in [4.69, 9.17) is 0 Å². The molecule has 3 aromatic rings. The van der Waals surface area contributed by atoms with Gasteiger partial charge in [0.25, 0.3) is 5.56 Å². The molecule has 2 fully saturated rings. The van der Waals surface area contributed by atoms with E-state index in [2.05, 4.69) is 16.9 Å². The van der Waals surface area contributed by atoms with Crippen LogP contribution in [0.4, 0.5) is 5.69 Å². The van der Waals surface area contributed by atoms with E-state index < -0.39 is 11.5 Å². The maximum Gasteiger partial charge on any atom is 0.261 e. The second kappa shape index (κ2) is 13.7. The van der Waals surface area contributed by atoms with Gasteiger partial charge in [-0.2, -0.15) is 0 Å². The van der Waals surface area contributed by atoms with Crippen LogP contribution in [0.25, 0.3) is 10.9 Å². The zero-order valence-corrected chi connectivity index (χ0v) is 26.0. The summed E-state index contributed by atoms with van der Waals surface area (Å²) in [6, 6.07) is 14.9. The maximum absolute atomic E-state index is 13.9. The maximum atomic E-state index is 13.9. The molecule has 45 heavy (non-hydrogen) atoms. The number of likely N-dealkylation sites (tertiary alicyclic amines) is 2. The van der Waals surface area contributed by atoms with Crippen LogP contribution in [0.1, 0.15) is 37.2 Å². The highest BCUT2D eigenvalue weighted by atomic mass is 16.3. The number of rotatable bonds is 9. The van der Waals surface area contributed by atoms with Crippen molar-refractivity contribution in [1.29, 1.82) is 0 Å². The molecule has 2 aromatic carbocycles. The summed E-state index contributed by atoms with van der Waals surface area (Å²) in [5.41, 5.74) is 0.635. The Morgan fingerprint density at radius 3 is 2.51 bits per heavy atom. The van der Waals surface area contributed by atoms with Crippen molar-refractivity contribution in [2.45, 2.75) is 43.7 Å². The van der Waals surface area contributed by atoms with Crippen molar-refractivity contribution in [3.63, 3.8) is 0 Å². The molecule has 2 aliphatic rings. The second-order valence-corrected chi connectivity index (χ2v) is 12.5. The normalized spacial score (nSPS) is 19.8. The van der Waals surface area contributed by atoms with Gasteiger partial charge in [-0.15, -0.1) is 0 Å². The Morgan fingerprint density at radius 1 is 1.09 bits per heavy atom. The number of hydrogen-bond acceptors (Lipinski definition) is 7. The van der Waals surface area contributed by atoms with Gasteiger partial charge in [-0.1, -0.05) is 36.9 Å². The molecule has 2 aliphatic heterocycles. The Labute approximate surface area is 263 Å². The van der Waals surface area contributed by atoms with Gasteiger partial charge in [-0.25, -0.2) is 4.98 Å². The molecule has 1 aromatic heterocycles. The fourth-order valence-corrected chi connectivity index (χ4v) is 6.38. The zero-order valence-electron chi connectivity index (χ0n) is 26.0. The second-order valence-electron chi connectivity index (χ2n) is 12.5. The Kier molecular flexibility index (Phi) is 9.79. The summed E-state index contributed by atoms with van der Waals surface area (Å²) in [5.74, 6) is -0.733. The van der Waals surface area contributed by atoms with Crippen molar-refractivity contribution in [3.8, 4) is 0 Å². The highest BCUT2D eigenvalue weighted by molar-refractivity contribution is 5.93. The minimum absolute atomic E-state index is 0.0116. The van der Waals surface area contributed by atoms with E-state index in [0.29, 0.717) is 75.0 Å². The summed E-state index contributed by atoms with van der Waals surface area (Å²) in [5, 5.41) is 14.7. The number of anilines is 1. The standard InChI is InChI=1S/C34H42N6O5/c1-4-31(42)39-17-12-26(24-8-6-5-7-9-24)28(21-39)33(44)38-18-14-34(45,15-19-38)22-40-23-35-29-20-25(10-11-27(29)32(40)43)36-30(41)13-16-37(2)3/h4-11,20,23,26,28,45H,1,12-19,21-22H2,2-3H3,(H,36,41). The fourth-order valence-electron chi connectivity index (χ4n) is 6.38. The molecule has 2 saturated heterocycles. The number of nitrogens with zero attached hydrogens (tertiary/aromatic N) is 5. The molecule has 238 valence electrons. The van der Waals surface area contributed by atoms with Gasteiger partial charge in [0.05, 0.1) is 35.3 Å². The minimum atomic E-state index is -1.19. The zero-order chi connectivity index (χ0) is 32.1. The average Bonchev–Trinajstić information content (AvgIpc) is 3.05. The molecule has 0 aliphatic carbocycles. The third-order valence-corrected chi connectivity index (χ3v) is 9.01. The lowest BCUT2D eigenvalue weighted by Gasteiger charge is -2.43. The number of amides is 3. The first kappa shape index (κ1) is 32.1. The predicted molar refractivity (Wildman–Crippen MR) is 173 cm³/mol. The van der Waals surface area contributed by atoms with Crippen molar-refractivity contribution in [1.82, 2.24) is 24.3 Å². The quantitative estimate of drug-likeness (QED) is 0.355. The Hall–Kier alpha value is -4.35. The Bertz CT molecular complexity index is 1610. The lowest BCUT2D eigenvalue weighted by molar-refractivity contribution is -0.144. The van der Waals surface area contributed by atoms with E-state index >= 15 is 0 Å². The van der Waals surface area contributed by atoms with Gasteiger partial charge in [0.2, 0.25) is 17.7 Å². The highest BCUT2D eigenvalue weighted by Gasteiger charge is 2.41. The molecule has 0 bridgehead atoms. The number of fused-ring (bicyclic) bond motifs is 1. The number of nitrogens with one attached hydrogen (secondary N) is 1. The topological polar surface area (TPSA) is 128 Å². The van der Waals surface area contributed by atoms with Gasteiger partial charge in [0.1, 0.15) is 0 Å². The van der Waals surface area contributed by atoms with Crippen LogP contribution in [0.5, 0.6) is 0 Å². The largest absolute Gasteiger partial charge is 0.388 e. The van der Waals surface area contributed by atoms with Crippen LogP contribution >= 0.6 is 0 Å². The van der Waals surface area contributed by atoms with Crippen molar-refractivity contribution in [2.75, 3.05) is 52.1 Å². The summed E-state index contributed by atoms with van der Waals surface area (Å²) in [6.07, 6.45) is 4.36. The lowest BCUT2D eigenvalue weighted by atomic mass is 9.79. The van der Waals surface area contributed by atoms with Crippen LogP contribution in [-0.2, 0) is 20.9 Å². The molecule has 3 amide bonds. The van der Waals surface area contributed by atoms with Crippen LogP contribution in [0, 0.1) is 5.92 Å². The molecule has 5 rings (SSSR count). The molecule has 2 unspecified atom stereocenters. The van der Waals surface area contributed by atoms with E-state index in [0.717, 1.165) is 5.56 Å². The number of benzene rings is 2. The van der Waals surface area contributed by atoms with Gasteiger partial charge in [-0.3, -0.25) is 23.7 Å². The SMILES string of the molecule is C=CC(=O)N1CCC(c2ccccc2)C(C(=O)N2CCC(O)(Cn3cnc4cc(NC(=O)CCN(C)C)ccc4c3=O)CC2)C1. The summed E-state index contributed by atoms with van der Waals surface area (Å²) >= 11 is 0. The summed E-state index contributed by atoms with van der Waals surface area (Å²) < 4.78 is 1.42. The fraction of sp³-hybridized carbons (Fsp3) is 0.441. The number of aromatic nitrogens is 2. The molecule has 3 heterocycles. The number of aliphatic hydroxyl groups is 1. The van der Waals surface area contributed by atoms with Crippen LogP contribution in [0.15, 0.2) is 72.3 Å². The number of hydrogen-bond donors (Lipinski definition) is 2. The predicted octanol–water partition coefficient (Wildman–Crippen LogP) is 2.46. The molecule has 11 heteroatoms. The van der Waals surface area contributed by atoms with Gasteiger partial charge >= 0.3 is 0 Å². The Balaban J connectivity index is 1.25. The molecule has 0 spiro atoms. The van der Waals surface area contributed by atoms with E-state index in [1.54, 1.807) is 28.0 Å². The lowest BCUT2D eigenvalue weighted by Crippen LogP contribution is -2.54. The molecule has 2 N–H and O–H groups in total. The van der Waals surface area contributed by atoms with Gasteiger partial charge in [0, 0.05) is 44.8 Å². The first-order valence-corrected chi connectivity index (χ1v) is 15.5. The van der Waals surface area contributed by atoms with Crippen molar-refractivity contribution < 1.29 is 19.5 Å². The van der Waals surface area contributed by atoms with Gasteiger partial charge in [0.15, 0.2) is 0 Å². The summed E-state index contributed by atoms with van der Waals surface area (Å²) in [6.45, 7) is 5.86. The smallest absolute Gasteiger partial charge is 0.261 e.